The van der Waals surface area contributed by atoms with Gasteiger partial charge in [0.25, 0.3) is 5.91 Å². The van der Waals surface area contributed by atoms with Crippen molar-refractivity contribution >= 4 is 23.2 Å². The van der Waals surface area contributed by atoms with Gasteiger partial charge in [-0.15, -0.1) is 0 Å². The van der Waals surface area contributed by atoms with Gasteiger partial charge in [-0.1, -0.05) is 0 Å². The van der Waals surface area contributed by atoms with E-state index in [0.717, 1.165) is 6.07 Å². The highest BCUT2D eigenvalue weighted by Crippen LogP contribution is 2.40. The molecule has 2 aliphatic rings. The largest absolute Gasteiger partial charge is 0.417 e. The summed E-state index contributed by atoms with van der Waals surface area (Å²) in [6.45, 7) is 7.90. The molecule has 44 heavy (non-hydrogen) atoms. The van der Waals surface area contributed by atoms with Crippen molar-refractivity contribution < 1.29 is 35.9 Å². The van der Waals surface area contributed by atoms with Crippen LogP contribution in [-0.2, 0) is 10.9 Å². The molecule has 1 amide bonds. The van der Waals surface area contributed by atoms with Gasteiger partial charge in [0.2, 0.25) is 5.95 Å². The van der Waals surface area contributed by atoms with Crippen LogP contribution in [0, 0.1) is 17.5 Å². The maximum atomic E-state index is 16.4. The zero-order valence-corrected chi connectivity index (χ0v) is 24.6. The number of ether oxygens (including phenoxy) is 1. The van der Waals surface area contributed by atoms with Crippen LogP contribution in [0.25, 0.3) is 11.1 Å². The molecule has 0 saturated carbocycles. The van der Waals surface area contributed by atoms with Gasteiger partial charge in [0.05, 0.1) is 35.1 Å². The standard InChI is InChI=1S/C30H32F6N6O2/c1-16-13-42(14-17(2)40(16)4)24-10-23(32)25(19-11-37-29(38-12-19)41-7-8-44-18(3)15-41)26(33)27(24)39-28(43)21-6-5-20(31)9-22(21)30(34,35)36/h5-6,9-12,16-18H,7-8,13-15H2,1-4H3,(H,39,43)/t16-,17+,18-/m0/s1. The van der Waals surface area contributed by atoms with Crippen LogP contribution in [-0.4, -0.2) is 78.8 Å². The predicted octanol–water partition coefficient (Wildman–Crippen LogP) is 5.59. The number of rotatable bonds is 5. The first-order chi connectivity index (χ1) is 20.7. The molecular formula is C30H32F6N6O2. The molecule has 236 valence electrons. The first kappa shape index (κ1) is 31.5. The number of carbonyl (C=O) groups is 1. The summed E-state index contributed by atoms with van der Waals surface area (Å²) in [6, 6.07) is 2.52. The molecule has 2 aliphatic heterocycles. The van der Waals surface area contributed by atoms with Crippen molar-refractivity contribution in [1.29, 1.82) is 0 Å². The zero-order chi connectivity index (χ0) is 31.9. The van der Waals surface area contributed by atoms with E-state index in [1.807, 2.05) is 32.7 Å². The van der Waals surface area contributed by atoms with E-state index in [4.69, 9.17) is 4.74 Å². The molecule has 1 N–H and O–H groups in total. The highest BCUT2D eigenvalue weighted by molar-refractivity contribution is 6.07. The summed E-state index contributed by atoms with van der Waals surface area (Å²) in [6.07, 6.45) is -2.63. The summed E-state index contributed by atoms with van der Waals surface area (Å²) < 4.78 is 92.6. The van der Waals surface area contributed by atoms with E-state index < -0.39 is 51.9 Å². The van der Waals surface area contributed by atoms with Crippen molar-refractivity contribution in [2.75, 3.05) is 55.0 Å². The molecule has 2 aromatic carbocycles. The number of nitrogens with zero attached hydrogens (tertiary/aromatic N) is 5. The number of piperazine rings is 1. The Labute approximate surface area is 250 Å². The minimum atomic E-state index is -5.07. The Bertz CT molecular complexity index is 1520. The van der Waals surface area contributed by atoms with E-state index in [9.17, 15) is 22.4 Å². The van der Waals surface area contributed by atoms with E-state index in [2.05, 4.69) is 20.2 Å². The molecule has 3 heterocycles. The number of carbonyl (C=O) groups excluding carboxylic acids is 1. The van der Waals surface area contributed by atoms with Gasteiger partial charge in [0.1, 0.15) is 17.3 Å². The van der Waals surface area contributed by atoms with Crippen molar-refractivity contribution in [2.24, 2.45) is 0 Å². The molecule has 0 unspecified atom stereocenters. The number of morpholine rings is 1. The van der Waals surface area contributed by atoms with Crippen molar-refractivity contribution in [3.05, 3.63) is 65.2 Å². The Morgan fingerprint density at radius 1 is 0.977 bits per heavy atom. The van der Waals surface area contributed by atoms with E-state index in [1.165, 1.54) is 12.4 Å². The normalized spacial score (nSPS) is 21.5. The third-order valence-corrected chi connectivity index (χ3v) is 8.12. The van der Waals surface area contributed by atoms with Crippen LogP contribution in [0.3, 0.4) is 0 Å². The van der Waals surface area contributed by atoms with Gasteiger partial charge in [0, 0.05) is 62.3 Å². The third-order valence-electron chi connectivity index (χ3n) is 8.12. The van der Waals surface area contributed by atoms with Gasteiger partial charge in [-0.25, -0.2) is 23.1 Å². The summed E-state index contributed by atoms with van der Waals surface area (Å²) >= 11 is 0. The molecule has 0 radical (unpaired) electrons. The topological polar surface area (TPSA) is 73.8 Å². The number of halogens is 6. The fourth-order valence-corrected chi connectivity index (χ4v) is 5.58. The van der Waals surface area contributed by atoms with Gasteiger partial charge in [-0.05, 0) is 46.0 Å². The van der Waals surface area contributed by atoms with Crippen LogP contribution in [0.2, 0.25) is 0 Å². The number of nitrogens with one attached hydrogen (secondary N) is 1. The number of aromatic nitrogens is 2. The Balaban J connectivity index is 1.58. The van der Waals surface area contributed by atoms with Gasteiger partial charge in [-0.2, -0.15) is 13.2 Å². The van der Waals surface area contributed by atoms with Crippen LogP contribution in [0.15, 0.2) is 36.7 Å². The smallest absolute Gasteiger partial charge is 0.375 e. The fourth-order valence-electron chi connectivity index (χ4n) is 5.58. The third kappa shape index (κ3) is 6.32. The fraction of sp³-hybridized carbons (Fsp3) is 0.433. The lowest BCUT2D eigenvalue weighted by molar-refractivity contribution is -0.138. The summed E-state index contributed by atoms with van der Waals surface area (Å²) in [4.78, 5) is 27.5. The van der Waals surface area contributed by atoms with Gasteiger partial charge < -0.3 is 19.9 Å². The summed E-state index contributed by atoms with van der Waals surface area (Å²) in [5.41, 5.74) is -3.59. The maximum absolute atomic E-state index is 16.4. The van der Waals surface area contributed by atoms with Gasteiger partial charge in [-0.3, -0.25) is 9.69 Å². The van der Waals surface area contributed by atoms with Gasteiger partial charge >= 0.3 is 6.18 Å². The quantitative estimate of drug-likeness (QED) is 0.373. The zero-order valence-electron chi connectivity index (χ0n) is 24.6. The lowest BCUT2D eigenvalue weighted by atomic mass is 10.0. The minimum absolute atomic E-state index is 0.0371. The van der Waals surface area contributed by atoms with Crippen molar-refractivity contribution in [1.82, 2.24) is 14.9 Å². The monoisotopic (exact) mass is 622 g/mol. The number of amides is 1. The Morgan fingerprint density at radius 2 is 1.64 bits per heavy atom. The molecular weight excluding hydrogens is 590 g/mol. The second-order valence-corrected chi connectivity index (χ2v) is 11.3. The number of hydrogen-bond acceptors (Lipinski definition) is 7. The summed E-state index contributed by atoms with van der Waals surface area (Å²) in [5.74, 6) is -4.37. The van der Waals surface area contributed by atoms with Crippen molar-refractivity contribution in [3.8, 4) is 11.1 Å². The average molecular weight is 623 g/mol. The Morgan fingerprint density at radius 3 is 2.25 bits per heavy atom. The molecule has 0 spiro atoms. The number of anilines is 3. The van der Waals surface area contributed by atoms with Crippen LogP contribution in [0.4, 0.5) is 43.7 Å². The highest BCUT2D eigenvalue weighted by atomic mass is 19.4. The van der Waals surface area contributed by atoms with Crippen molar-refractivity contribution in [2.45, 2.75) is 45.1 Å². The number of alkyl halides is 3. The molecule has 1 aromatic heterocycles. The SMILES string of the molecule is C[C@@H]1CN(c2cc(F)c(-c3cnc(N4CCO[C@@H](C)C4)nc3)c(F)c2NC(=O)c2ccc(F)cc2C(F)(F)F)C[C@H](C)N1C. The molecule has 5 rings (SSSR count). The van der Waals surface area contributed by atoms with Crippen LogP contribution in [0.1, 0.15) is 36.7 Å². The molecule has 8 nitrogen and oxygen atoms in total. The first-order valence-corrected chi connectivity index (χ1v) is 14.1. The minimum Gasteiger partial charge on any atom is -0.375 e. The number of likely N-dealkylation sites (N-methyl/N-ethyl adjacent to an activating group) is 1. The highest BCUT2D eigenvalue weighted by Gasteiger charge is 2.37. The van der Waals surface area contributed by atoms with Gasteiger partial charge in [0.15, 0.2) is 5.82 Å². The van der Waals surface area contributed by atoms with E-state index in [0.29, 0.717) is 50.9 Å². The lowest BCUT2D eigenvalue weighted by Crippen LogP contribution is -2.55. The molecule has 14 heteroatoms. The summed E-state index contributed by atoms with van der Waals surface area (Å²) in [5, 5.41) is 2.25. The molecule has 0 aliphatic carbocycles. The lowest BCUT2D eigenvalue weighted by Gasteiger charge is -2.44. The van der Waals surface area contributed by atoms with Crippen LogP contribution in [0.5, 0.6) is 0 Å². The second-order valence-electron chi connectivity index (χ2n) is 11.3. The predicted molar refractivity (Wildman–Crippen MR) is 153 cm³/mol. The van der Waals surface area contributed by atoms with E-state index in [1.54, 1.807) is 4.90 Å². The molecule has 0 bridgehead atoms. The molecule has 2 saturated heterocycles. The number of hydrogen-bond donors (Lipinski definition) is 1. The van der Waals surface area contributed by atoms with Crippen LogP contribution < -0.4 is 15.1 Å². The molecule has 2 fully saturated rings. The molecule has 3 atom stereocenters. The molecule has 3 aromatic rings. The van der Waals surface area contributed by atoms with Crippen LogP contribution >= 0.6 is 0 Å². The summed E-state index contributed by atoms with van der Waals surface area (Å²) in [7, 11) is 1.91. The Kier molecular flexibility index (Phi) is 8.76. The Hall–Kier alpha value is -3.91. The van der Waals surface area contributed by atoms with E-state index >= 15 is 8.78 Å². The number of benzene rings is 2. The second kappa shape index (κ2) is 12.2. The van der Waals surface area contributed by atoms with E-state index in [-0.39, 0.29) is 35.5 Å². The van der Waals surface area contributed by atoms with Crippen molar-refractivity contribution in [3.63, 3.8) is 0 Å². The first-order valence-electron chi connectivity index (χ1n) is 14.1. The maximum Gasteiger partial charge on any atom is 0.417 e. The average Bonchev–Trinajstić information content (AvgIpc) is 2.96.